The Morgan fingerprint density at radius 2 is 1.63 bits per heavy atom. The lowest BCUT2D eigenvalue weighted by Gasteiger charge is -2.08. The Bertz CT molecular complexity index is 645. The van der Waals surface area contributed by atoms with Gasteiger partial charge in [-0.3, -0.25) is 10.1 Å². The quantitative estimate of drug-likeness (QED) is 0.388. The second kappa shape index (κ2) is 6.04. The monoisotopic (exact) mass is 480 g/mol. The van der Waals surface area contributed by atoms with Gasteiger partial charge < -0.3 is 5.32 Å². The molecule has 6 heteroatoms. The van der Waals surface area contributed by atoms with Gasteiger partial charge in [-0.15, -0.1) is 0 Å². The first kappa shape index (κ1) is 14.5. The number of aryl methyl sites for hydroxylation is 1. The van der Waals surface area contributed by atoms with Crippen LogP contribution in [-0.2, 0) is 0 Å². The third kappa shape index (κ3) is 3.56. The molecule has 0 radical (unpaired) electrons. The fraction of sp³-hybridized carbons (Fsp3) is 0.0769. The lowest BCUT2D eigenvalue weighted by Crippen LogP contribution is -1.95. The molecule has 0 heterocycles. The summed E-state index contributed by atoms with van der Waals surface area (Å²) in [6, 6.07) is 11.1. The molecule has 0 amide bonds. The highest BCUT2D eigenvalue weighted by Gasteiger charge is 2.11. The molecule has 2 rings (SSSR count). The highest BCUT2D eigenvalue weighted by Crippen LogP contribution is 2.27. The zero-order valence-electron chi connectivity index (χ0n) is 9.98. The number of rotatable bonds is 3. The number of nitro benzene ring substituents is 1. The first-order valence-electron chi connectivity index (χ1n) is 5.44. The number of nitro groups is 1. The van der Waals surface area contributed by atoms with Crippen molar-refractivity contribution in [3.8, 4) is 0 Å². The minimum Gasteiger partial charge on any atom is -0.355 e. The van der Waals surface area contributed by atoms with E-state index in [4.69, 9.17) is 0 Å². The van der Waals surface area contributed by atoms with Gasteiger partial charge in [-0.05, 0) is 81.9 Å². The van der Waals surface area contributed by atoms with Crippen molar-refractivity contribution >= 4 is 62.2 Å². The summed E-state index contributed by atoms with van der Waals surface area (Å²) in [5.41, 5.74) is 3.17. The molecule has 0 saturated heterocycles. The molecule has 0 unspecified atom stereocenters. The van der Waals surface area contributed by atoms with Gasteiger partial charge in [0.25, 0.3) is 5.69 Å². The van der Waals surface area contributed by atoms with Crippen LogP contribution in [0.1, 0.15) is 5.56 Å². The number of hydrogen-bond donors (Lipinski definition) is 1. The Morgan fingerprint density at radius 1 is 1.05 bits per heavy atom. The second-order valence-corrected chi connectivity index (χ2v) is 6.34. The predicted molar refractivity (Wildman–Crippen MR) is 93.0 cm³/mol. The SMILES string of the molecule is Cc1ccc(Nc2ccc([N+](=O)[O-])c(I)c2)cc1I. The maximum absolute atomic E-state index is 10.8. The van der Waals surface area contributed by atoms with Gasteiger partial charge in [-0.1, -0.05) is 6.07 Å². The molecule has 0 bridgehead atoms. The van der Waals surface area contributed by atoms with Crippen LogP contribution in [0.2, 0.25) is 0 Å². The maximum Gasteiger partial charge on any atom is 0.282 e. The molecule has 98 valence electrons. The van der Waals surface area contributed by atoms with Gasteiger partial charge in [-0.25, -0.2) is 0 Å². The van der Waals surface area contributed by atoms with Crippen molar-refractivity contribution in [1.82, 2.24) is 0 Å². The first-order valence-corrected chi connectivity index (χ1v) is 7.60. The molecule has 2 aromatic rings. The van der Waals surface area contributed by atoms with Crippen LogP contribution in [0.5, 0.6) is 0 Å². The van der Waals surface area contributed by atoms with Crippen LogP contribution in [0, 0.1) is 24.2 Å². The van der Waals surface area contributed by atoms with Crippen LogP contribution in [0.15, 0.2) is 36.4 Å². The molecule has 0 aliphatic carbocycles. The van der Waals surface area contributed by atoms with Crippen LogP contribution in [0.25, 0.3) is 0 Å². The molecule has 0 aromatic heterocycles. The molecular weight excluding hydrogens is 470 g/mol. The Hall–Kier alpha value is -0.900. The Balaban J connectivity index is 2.26. The Labute approximate surface area is 138 Å². The summed E-state index contributed by atoms with van der Waals surface area (Å²) in [5, 5.41) is 14.0. The van der Waals surface area contributed by atoms with E-state index >= 15 is 0 Å². The molecular formula is C13H10I2N2O2. The first-order chi connectivity index (χ1) is 8.97. The summed E-state index contributed by atoms with van der Waals surface area (Å²) >= 11 is 4.26. The number of benzene rings is 2. The largest absolute Gasteiger partial charge is 0.355 e. The predicted octanol–water partition coefficient (Wildman–Crippen LogP) is 4.86. The van der Waals surface area contributed by atoms with E-state index in [2.05, 4.69) is 34.8 Å². The molecule has 4 nitrogen and oxygen atoms in total. The number of nitrogens with one attached hydrogen (secondary N) is 1. The average molecular weight is 480 g/mol. The zero-order valence-corrected chi connectivity index (χ0v) is 14.3. The normalized spacial score (nSPS) is 10.3. The Morgan fingerprint density at radius 3 is 2.16 bits per heavy atom. The molecule has 1 N–H and O–H groups in total. The van der Waals surface area contributed by atoms with Crippen LogP contribution in [0.4, 0.5) is 17.1 Å². The fourth-order valence-electron chi connectivity index (χ4n) is 1.57. The van der Waals surface area contributed by atoms with Crippen LogP contribution in [0.3, 0.4) is 0 Å². The van der Waals surface area contributed by atoms with E-state index in [0.717, 1.165) is 11.4 Å². The Kier molecular flexibility index (Phi) is 4.61. The van der Waals surface area contributed by atoms with Gasteiger partial charge >= 0.3 is 0 Å². The summed E-state index contributed by atoms with van der Waals surface area (Å²) in [6.07, 6.45) is 0. The summed E-state index contributed by atoms with van der Waals surface area (Å²) in [5.74, 6) is 0. The third-order valence-electron chi connectivity index (χ3n) is 2.60. The number of hydrogen-bond acceptors (Lipinski definition) is 3. The number of anilines is 2. The van der Waals surface area contributed by atoms with Crippen molar-refractivity contribution in [3.05, 3.63) is 59.2 Å². The van der Waals surface area contributed by atoms with Crippen LogP contribution < -0.4 is 5.32 Å². The highest BCUT2D eigenvalue weighted by molar-refractivity contribution is 14.1. The van der Waals surface area contributed by atoms with Gasteiger partial charge in [0, 0.05) is 21.0 Å². The van der Waals surface area contributed by atoms with Crippen molar-refractivity contribution in [2.45, 2.75) is 6.92 Å². The molecule has 0 aliphatic rings. The summed E-state index contributed by atoms with van der Waals surface area (Å²) < 4.78 is 1.80. The molecule has 0 saturated carbocycles. The van der Waals surface area contributed by atoms with Crippen molar-refractivity contribution in [2.24, 2.45) is 0 Å². The van der Waals surface area contributed by atoms with E-state index in [1.54, 1.807) is 12.1 Å². The van der Waals surface area contributed by atoms with Gasteiger partial charge in [0.1, 0.15) is 0 Å². The third-order valence-corrected chi connectivity index (χ3v) is 4.63. The molecule has 0 fully saturated rings. The van der Waals surface area contributed by atoms with E-state index in [1.165, 1.54) is 15.2 Å². The van der Waals surface area contributed by atoms with Gasteiger partial charge in [0.05, 0.1) is 8.49 Å². The van der Waals surface area contributed by atoms with Crippen LogP contribution >= 0.6 is 45.2 Å². The maximum atomic E-state index is 10.8. The fourth-order valence-corrected chi connectivity index (χ4v) is 2.80. The number of nitrogens with zero attached hydrogens (tertiary/aromatic N) is 1. The smallest absolute Gasteiger partial charge is 0.282 e. The van der Waals surface area contributed by atoms with Gasteiger partial charge in [0.2, 0.25) is 0 Å². The van der Waals surface area contributed by atoms with E-state index in [9.17, 15) is 10.1 Å². The minimum atomic E-state index is -0.375. The van der Waals surface area contributed by atoms with Crippen LogP contribution in [-0.4, -0.2) is 4.92 Å². The molecule has 0 aliphatic heterocycles. The van der Waals surface area contributed by atoms with Crippen molar-refractivity contribution < 1.29 is 4.92 Å². The highest BCUT2D eigenvalue weighted by atomic mass is 127. The second-order valence-electron chi connectivity index (χ2n) is 4.01. The van der Waals surface area contributed by atoms with Gasteiger partial charge in [0.15, 0.2) is 0 Å². The minimum absolute atomic E-state index is 0.129. The lowest BCUT2D eigenvalue weighted by molar-refractivity contribution is -0.385. The standard InChI is InChI=1S/C13H10I2N2O2/c1-8-2-3-9(6-11(8)14)16-10-4-5-13(17(18)19)12(15)7-10/h2-7,16H,1H3. The molecule has 0 spiro atoms. The zero-order chi connectivity index (χ0) is 14.0. The van der Waals surface area contributed by atoms with Gasteiger partial charge in [-0.2, -0.15) is 0 Å². The van der Waals surface area contributed by atoms with E-state index in [1.807, 2.05) is 40.8 Å². The van der Waals surface area contributed by atoms with E-state index in [0.29, 0.717) is 3.57 Å². The lowest BCUT2D eigenvalue weighted by atomic mass is 10.2. The topological polar surface area (TPSA) is 55.2 Å². The van der Waals surface area contributed by atoms with Crippen molar-refractivity contribution in [2.75, 3.05) is 5.32 Å². The summed E-state index contributed by atoms with van der Waals surface area (Å²) in [4.78, 5) is 10.4. The van der Waals surface area contributed by atoms with Crippen molar-refractivity contribution in [3.63, 3.8) is 0 Å². The average Bonchev–Trinajstić information content (AvgIpc) is 2.33. The molecule has 2 aromatic carbocycles. The number of halogens is 2. The molecule has 0 atom stereocenters. The summed E-state index contributed by atoms with van der Waals surface area (Å²) in [6.45, 7) is 2.06. The van der Waals surface area contributed by atoms with Crippen molar-refractivity contribution in [1.29, 1.82) is 0 Å². The van der Waals surface area contributed by atoms with E-state index in [-0.39, 0.29) is 10.6 Å². The molecule has 19 heavy (non-hydrogen) atoms. The summed E-state index contributed by atoms with van der Waals surface area (Å²) in [7, 11) is 0. The van der Waals surface area contributed by atoms with E-state index < -0.39 is 0 Å².